The number of carbonyl (C=O) groups excluding carboxylic acids is 2. The molecule has 0 aromatic heterocycles. The Balaban J connectivity index is 4.61. The predicted molar refractivity (Wildman–Crippen MR) is 55.9 cm³/mol. The Morgan fingerprint density at radius 3 is 2.38 bits per heavy atom. The molecule has 1 unspecified atom stereocenters. The van der Waals surface area contributed by atoms with Gasteiger partial charge in [0.15, 0.2) is 0 Å². The molecular weight excluding hydrogens is 234 g/mol. The van der Waals surface area contributed by atoms with Gasteiger partial charge in [-0.2, -0.15) is 5.26 Å². The Bertz CT molecular complexity index is 409. The van der Waals surface area contributed by atoms with Gasteiger partial charge in [-0.3, -0.25) is 9.59 Å². The van der Waals surface area contributed by atoms with Crippen molar-refractivity contribution >= 4 is 21.7 Å². The molecule has 0 aliphatic heterocycles. The Morgan fingerprint density at radius 1 is 1.44 bits per heavy atom. The van der Waals surface area contributed by atoms with Gasteiger partial charge in [-0.25, -0.2) is 8.42 Å². The molecule has 0 aliphatic carbocycles. The van der Waals surface area contributed by atoms with Gasteiger partial charge in [0.1, 0.15) is 22.4 Å². The second-order valence-corrected chi connectivity index (χ2v) is 5.41. The number of nitrogens with zero attached hydrogens (tertiary/aromatic N) is 1. The van der Waals surface area contributed by atoms with Crippen molar-refractivity contribution in [2.75, 3.05) is 18.6 Å². The third kappa shape index (κ3) is 6.78. The fourth-order valence-electron chi connectivity index (χ4n) is 0.981. The molecule has 1 atom stereocenters. The number of nitriles is 1. The molecule has 2 N–H and O–H groups in total. The van der Waals surface area contributed by atoms with E-state index in [0.29, 0.717) is 0 Å². The van der Waals surface area contributed by atoms with Gasteiger partial charge in [-0.15, -0.1) is 0 Å². The Kier molecular flexibility index (Phi) is 5.46. The number of carbonyl (C=O) groups is 2. The van der Waals surface area contributed by atoms with Crippen LogP contribution in [-0.4, -0.2) is 44.8 Å². The zero-order valence-electron chi connectivity index (χ0n) is 8.98. The van der Waals surface area contributed by atoms with Crippen LogP contribution in [0.15, 0.2) is 0 Å². The standard InChI is InChI=1S/C8H13N3O4S/c1-6(12)11-7(5-16(2,14)15)8(13)10-4-3-9/h7H,4-5H2,1-2H3,(H,10,13)(H,11,12). The fourth-order valence-corrected chi connectivity index (χ4v) is 1.82. The SMILES string of the molecule is CC(=O)NC(CS(C)(=O)=O)C(=O)NCC#N. The van der Waals surface area contributed by atoms with Crippen molar-refractivity contribution in [2.24, 2.45) is 0 Å². The highest BCUT2D eigenvalue weighted by Crippen LogP contribution is 1.92. The molecule has 0 aliphatic rings. The molecule has 0 saturated heterocycles. The second-order valence-electron chi connectivity index (χ2n) is 3.22. The molecule has 0 fully saturated rings. The zero-order chi connectivity index (χ0) is 12.8. The molecule has 7 nitrogen and oxygen atoms in total. The van der Waals surface area contributed by atoms with Crippen molar-refractivity contribution < 1.29 is 18.0 Å². The van der Waals surface area contributed by atoms with Crippen LogP contribution in [0.3, 0.4) is 0 Å². The Morgan fingerprint density at radius 2 is 2.00 bits per heavy atom. The Labute approximate surface area is 93.7 Å². The van der Waals surface area contributed by atoms with Crippen LogP contribution in [-0.2, 0) is 19.4 Å². The van der Waals surface area contributed by atoms with Crippen molar-refractivity contribution in [3.63, 3.8) is 0 Å². The first-order valence-corrected chi connectivity index (χ1v) is 6.42. The minimum Gasteiger partial charge on any atom is -0.344 e. The maximum absolute atomic E-state index is 11.4. The average Bonchev–Trinajstić information content (AvgIpc) is 2.10. The number of amides is 2. The van der Waals surface area contributed by atoms with Crippen molar-refractivity contribution in [3.8, 4) is 6.07 Å². The third-order valence-electron chi connectivity index (χ3n) is 1.51. The molecule has 0 bridgehead atoms. The molecule has 0 aromatic carbocycles. The molecule has 2 amide bonds. The summed E-state index contributed by atoms with van der Waals surface area (Å²) in [6.45, 7) is 0.936. The summed E-state index contributed by atoms with van der Waals surface area (Å²) in [5.41, 5.74) is 0. The topological polar surface area (TPSA) is 116 Å². The second kappa shape index (κ2) is 6.07. The lowest BCUT2D eigenvalue weighted by atomic mass is 10.3. The summed E-state index contributed by atoms with van der Waals surface area (Å²) in [6, 6.07) is 0.510. The van der Waals surface area contributed by atoms with E-state index in [-0.39, 0.29) is 6.54 Å². The molecule has 90 valence electrons. The van der Waals surface area contributed by atoms with Gasteiger partial charge in [0.2, 0.25) is 11.8 Å². The lowest BCUT2D eigenvalue weighted by Gasteiger charge is -2.15. The molecular formula is C8H13N3O4S. The molecule has 0 spiro atoms. The van der Waals surface area contributed by atoms with E-state index in [2.05, 4.69) is 10.6 Å². The molecule has 0 heterocycles. The van der Waals surface area contributed by atoms with Gasteiger partial charge >= 0.3 is 0 Å². The quantitative estimate of drug-likeness (QED) is 0.555. The first-order valence-electron chi connectivity index (χ1n) is 4.35. The van der Waals surface area contributed by atoms with Gasteiger partial charge < -0.3 is 10.6 Å². The fraction of sp³-hybridized carbons (Fsp3) is 0.625. The van der Waals surface area contributed by atoms with Crippen LogP contribution < -0.4 is 10.6 Å². The summed E-state index contributed by atoms with van der Waals surface area (Å²) in [7, 11) is -3.40. The highest BCUT2D eigenvalue weighted by atomic mass is 32.2. The summed E-state index contributed by atoms with van der Waals surface area (Å²) < 4.78 is 22.0. The third-order valence-corrected chi connectivity index (χ3v) is 2.44. The maximum atomic E-state index is 11.4. The van der Waals surface area contributed by atoms with Gasteiger partial charge in [-0.05, 0) is 0 Å². The highest BCUT2D eigenvalue weighted by molar-refractivity contribution is 7.90. The summed E-state index contributed by atoms with van der Waals surface area (Å²) in [5, 5.41) is 12.6. The molecule has 16 heavy (non-hydrogen) atoms. The van der Waals surface area contributed by atoms with Gasteiger partial charge in [0.05, 0.1) is 11.8 Å². The van der Waals surface area contributed by atoms with E-state index in [9.17, 15) is 18.0 Å². The van der Waals surface area contributed by atoms with Crippen molar-refractivity contribution in [1.29, 1.82) is 5.26 Å². The molecule has 0 aromatic rings. The average molecular weight is 247 g/mol. The highest BCUT2D eigenvalue weighted by Gasteiger charge is 2.23. The number of rotatable bonds is 5. The largest absolute Gasteiger partial charge is 0.344 e. The van der Waals surface area contributed by atoms with Crippen LogP contribution in [0, 0.1) is 11.3 Å². The molecule has 0 rings (SSSR count). The Hall–Kier alpha value is -1.62. The predicted octanol–water partition coefficient (Wildman–Crippen LogP) is -1.82. The van der Waals surface area contributed by atoms with E-state index in [1.165, 1.54) is 6.92 Å². The summed E-state index contributed by atoms with van der Waals surface area (Å²) in [5.74, 6) is -1.70. The number of hydrogen-bond acceptors (Lipinski definition) is 5. The number of nitrogens with one attached hydrogen (secondary N) is 2. The van der Waals surface area contributed by atoms with E-state index < -0.39 is 33.4 Å². The van der Waals surface area contributed by atoms with Crippen LogP contribution >= 0.6 is 0 Å². The first-order chi connectivity index (χ1) is 7.26. The van der Waals surface area contributed by atoms with Gasteiger partial charge in [-0.1, -0.05) is 0 Å². The van der Waals surface area contributed by atoms with Crippen LogP contribution in [0.2, 0.25) is 0 Å². The van der Waals surface area contributed by atoms with Gasteiger partial charge in [0, 0.05) is 13.2 Å². The summed E-state index contributed by atoms with van der Waals surface area (Å²) in [4.78, 5) is 22.1. The van der Waals surface area contributed by atoms with Crippen molar-refractivity contribution in [2.45, 2.75) is 13.0 Å². The monoisotopic (exact) mass is 247 g/mol. The summed E-state index contributed by atoms with van der Waals surface area (Å²) in [6.07, 6.45) is 0.958. The van der Waals surface area contributed by atoms with Crippen LogP contribution in [0.4, 0.5) is 0 Å². The number of sulfone groups is 1. The number of hydrogen-bond donors (Lipinski definition) is 2. The summed E-state index contributed by atoms with van der Waals surface area (Å²) >= 11 is 0. The lowest BCUT2D eigenvalue weighted by molar-refractivity contribution is -0.127. The minimum absolute atomic E-state index is 0.237. The van der Waals surface area contributed by atoms with E-state index in [1.54, 1.807) is 6.07 Å². The van der Waals surface area contributed by atoms with E-state index in [4.69, 9.17) is 5.26 Å². The van der Waals surface area contributed by atoms with Crippen molar-refractivity contribution in [3.05, 3.63) is 0 Å². The molecule has 8 heteroatoms. The lowest BCUT2D eigenvalue weighted by Crippen LogP contribution is -2.49. The smallest absolute Gasteiger partial charge is 0.244 e. The van der Waals surface area contributed by atoms with Crippen molar-refractivity contribution in [1.82, 2.24) is 10.6 Å². The molecule has 0 radical (unpaired) electrons. The van der Waals surface area contributed by atoms with E-state index in [0.717, 1.165) is 6.26 Å². The zero-order valence-corrected chi connectivity index (χ0v) is 9.80. The normalized spacial score (nSPS) is 12.3. The van der Waals surface area contributed by atoms with Crippen LogP contribution in [0.1, 0.15) is 6.92 Å². The first kappa shape index (κ1) is 14.4. The molecule has 0 saturated carbocycles. The van der Waals surface area contributed by atoms with E-state index in [1.807, 2.05) is 0 Å². The minimum atomic E-state index is -3.40. The van der Waals surface area contributed by atoms with E-state index >= 15 is 0 Å². The van der Waals surface area contributed by atoms with Gasteiger partial charge in [0.25, 0.3) is 0 Å². The van der Waals surface area contributed by atoms with Crippen LogP contribution in [0.25, 0.3) is 0 Å². The maximum Gasteiger partial charge on any atom is 0.244 e. The van der Waals surface area contributed by atoms with Crippen LogP contribution in [0.5, 0.6) is 0 Å².